The summed E-state index contributed by atoms with van der Waals surface area (Å²) in [5, 5.41) is 19.8. The lowest BCUT2D eigenvalue weighted by Gasteiger charge is -2.03. The second-order valence-corrected chi connectivity index (χ2v) is 5.07. The van der Waals surface area contributed by atoms with E-state index in [1.165, 1.54) is 0 Å². The normalized spacial score (nSPS) is 9.04. The smallest absolute Gasteiger partial charge is 0.305 e. The molecule has 0 heterocycles. The summed E-state index contributed by atoms with van der Waals surface area (Å²) in [6, 6.07) is 11.4. The van der Waals surface area contributed by atoms with Gasteiger partial charge in [-0.05, 0) is 55.0 Å². The van der Waals surface area contributed by atoms with E-state index in [9.17, 15) is 9.59 Å². The van der Waals surface area contributed by atoms with Crippen molar-refractivity contribution in [3.8, 4) is 5.75 Å². The summed E-state index contributed by atoms with van der Waals surface area (Å²) in [5.41, 5.74) is 13.4. The highest BCUT2D eigenvalue weighted by Gasteiger charge is 2.04. The first kappa shape index (κ1) is 22.8. The molecule has 0 aromatic heterocycles. The lowest BCUT2D eigenvalue weighted by Crippen LogP contribution is -2.25. The summed E-state index contributed by atoms with van der Waals surface area (Å²) in [6.07, 6.45) is -0.0826. The first-order chi connectivity index (χ1) is 12.3. The molecule has 2 rings (SSSR count). The Bertz CT molecular complexity index is 700. The average molecular weight is 361 g/mol. The van der Waals surface area contributed by atoms with Gasteiger partial charge < -0.3 is 27.0 Å². The van der Waals surface area contributed by atoms with Gasteiger partial charge in [0.1, 0.15) is 5.75 Å². The first-order valence-corrected chi connectivity index (χ1v) is 8.20. The van der Waals surface area contributed by atoms with E-state index < -0.39 is 5.97 Å². The number of aromatic hydroxyl groups is 1. The number of hydrogen-bond donors (Lipinski definition) is 5. The molecular weight excluding hydrogens is 334 g/mol. The number of rotatable bonds is 4. The highest BCUT2D eigenvalue weighted by Crippen LogP contribution is 2.17. The van der Waals surface area contributed by atoms with Crippen LogP contribution >= 0.6 is 0 Å². The molecule has 0 saturated heterocycles. The Kier molecular flexibility index (Phi) is 10.7. The van der Waals surface area contributed by atoms with Crippen molar-refractivity contribution in [1.82, 2.24) is 5.32 Å². The lowest BCUT2D eigenvalue weighted by atomic mass is 10.2. The molecule has 7 nitrogen and oxygen atoms in total. The number of carboxylic acids is 1. The Morgan fingerprint density at radius 3 is 2.00 bits per heavy atom. The average Bonchev–Trinajstić information content (AvgIpc) is 2.61. The molecule has 2 aromatic rings. The number of carbonyl (C=O) groups excluding carboxylic acids is 1. The van der Waals surface area contributed by atoms with Gasteiger partial charge in [0.2, 0.25) is 0 Å². The van der Waals surface area contributed by atoms with E-state index in [4.69, 9.17) is 21.7 Å². The summed E-state index contributed by atoms with van der Waals surface area (Å²) in [7, 11) is 0. The minimum Gasteiger partial charge on any atom is -0.508 e. The van der Waals surface area contributed by atoms with Gasteiger partial charge in [-0.2, -0.15) is 0 Å². The predicted octanol–water partition coefficient (Wildman–Crippen LogP) is 2.78. The third kappa shape index (κ3) is 9.17. The summed E-state index contributed by atoms with van der Waals surface area (Å²) in [5.74, 6) is -0.937. The molecule has 142 valence electrons. The van der Waals surface area contributed by atoms with E-state index in [1.54, 1.807) is 42.5 Å². The van der Waals surface area contributed by atoms with Gasteiger partial charge in [-0.3, -0.25) is 9.59 Å². The van der Waals surface area contributed by atoms with Crippen molar-refractivity contribution in [2.75, 3.05) is 18.0 Å². The molecule has 1 amide bonds. The molecule has 7 heteroatoms. The second kappa shape index (κ2) is 12.2. The van der Waals surface area contributed by atoms with Crippen LogP contribution in [-0.4, -0.2) is 28.6 Å². The number of carbonyl (C=O) groups is 2. The monoisotopic (exact) mass is 361 g/mol. The number of nitrogens with two attached hydrogens (primary N) is 2. The van der Waals surface area contributed by atoms with E-state index in [1.807, 2.05) is 20.8 Å². The number of phenols is 1. The highest BCUT2D eigenvalue weighted by molar-refractivity contribution is 5.94. The molecule has 0 bridgehead atoms. The molecule has 0 aliphatic carbocycles. The van der Waals surface area contributed by atoms with Crippen LogP contribution in [0.4, 0.5) is 11.4 Å². The molecule has 2 aromatic carbocycles. The number of hydrogen-bond acceptors (Lipinski definition) is 5. The van der Waals surface area contributed by atoms with Gasteiger partial charge in [0.05, 0.1) is 6.42 Å². The van der Waals surface area contributed by atoms with Gasteiger partial charge in [-0.15, -0.1) is 0 Å². The van der Waals surface area contributed by atoms with Crippen LogP contribution in [0.5, 0.6) is 5.75 Å². The Labute approximate surface area is 153 Å². The van der Waals surface area contributed by atoms with Crippen molar-refractivity contribution in [2.45, 2.75) is 27.2 Å². The zero-order chi connectivity index (χ0) is 20.1. The maximum atomic E-state index is 11.4. The number of nitrogens with one attached hydrogen (secondary N) is 1. The molecule has 0 radical (unpaired) electrons. The number of amides is 1. The zero-order valence-corrected chi connectivity index (χ0v) is 15.3. The maximum absolute atomic E-state index is 11.4. The largest absolute Gasteiger partial charge is 0.508 e. The highest BCUT2D eigenvalue weighted by atomic mass is 16.4. The predicted molar refractivity (Wildman–Crippen MR) is 104 cm³/mol. The fraction of sp³-hybridized carbons (Fsp3) is 0.263. The minimum absolute atomic E-state index is 0.0826. The van der Waals surface area contributed by atoms with Gasteiger partial charge >= 0.3 is 5.97 Å². The number of benzene rings is 2. The van der Waals surface area contributed by atoms with E-state index in [2.05, 4.69) is 5.32 Å². The molecule has 26 heavy (non-hydrogen) atoms. The number of phenolic OH excluding ortho intramolecular Hbond substituents is 1. The summed E-state index contributed by atoms with van der Waals surface area (Å²) >= 11 is 0. The van der Waals surface area contributed by atoms with E-state index in [0.29, 0.717) is 22.7 Å². The maximum Gasteiger partial charge on any atom is 0.305 e. The quantitative estimate of drug-likeness (QED) is 0.419. The van der Waals surface area contributed by atoms with Crippen LogP contribution in [0.3, 0.4) is 0 Å². The van der Waals surface area contributed by atoms with Crippen LogP contribution < -0.4 is 16.8 Å². The van der Waals surface area contributed by atoms with Crippen molar-refractivity contribution < 1.29 is 19.8 Å². The molecule has 0 aliphatic heterocycles. The molecule has 0 spiro atoms. The van der Waals surface area contributed by atoms with Crippen molar-refractivity contribution in [3.63, 3.8) is 0 Å². The van der Waals surface area contributed by atoms with Crippen LogP contribution in [0.25, 0.3) is 0 Å². The number of carboxylic acid groups (broad SMARTS) is 1. The molecule has 0 unspecified atom stereocenters. The van der Waals surface area contributed by atoms with Crippen LogP contribution in [-0.2, 0) is 4.79 Å². The second-order valence-electron chi connectivity index (χ2n) is 5.07. The Hall–Kier alpha value is -3.22. The fourth-order valence-electron chi connectivity index (χ4n) is 1.70. The van der Waals surface area contributed by atoms with Crippen LogP contribution in [0.15, 0.2) is 42.5 Å². The Morgan fingerprint density at radius 1 is 1.00 bits per heavy atom. The molecule has 7 N–H and O–H groups in total. The van der Waals surface area contributed by atoms with Crippen LogP contribution in [0.1, 0.15) is 36.2 Å². The van der Waals surface area contributed by atoms with Crippen molar-refractivity contribution in [2.24, 2.45) is 0 Å². The Balaban J connectivity index is 0.000000484. The summed E-state index contributed by atoms with van der Waals surface area (Å²) in [4.78, 5) is 21.6. The van der Waals surface area contributed by atoms with Crippen molar-refractivity contribution >= 4 is 23.3 Å². The number of aryl methyl sites for hydroxylation is 1. The zero-order valence-electron chi connectivity index (χ0n) is 15.3. The minimum atomic E-state index is -0.937. The molecule has 0 fully saturated rings. The first-order valence-electron chi connectivity index (χ1n) is 8.20. The summed E-state index contributed by atoms with van der Waals surface area (Å²) < 4.78 is 0. The summed E-state index contributed by atoms with van der Waals surface area (Å²) in [6.45, 7) is 5.93. The van der Waals surface area contributed by atoms with Crippen molar-refractivity contribution in [3.05, 3.63) is 53.6 Å². The number of anilines is 2. The number of nitrogen functional groups attached to an aromatic ring is 2. The van der Waals surface area contributed by atoms with E-state index in [-0.39, 0.29) is 18.9 Å². The topological polar surface area (TPSA) is 139 Å². The van der Waals surface area contributed by atoms with E-state index in [0.717, 1.165) is 5.56 Å². The molecular formula is C19H27N3O4. The van der Waals surface area contributed by atoms with E-state index >= 15 is 0 Å². The standard InChI is InChI=1S/C10H12N2O3.C7H9NO.C2H6/c11-8-3-1-7(2-4-8)10(15)12-6-5-9(13)14;1-5-4-6(8)2-3-7(5)9;1-2/h1-4H,5-6,11H2,(H,12,15)(H,13,14);2-4,9H,8H2,1H3;1-2H3. The van der Waals surface area contributed by atoms with Crippen LogP contribution in [0, 0.1) is 6.92 Å². The molecule has 0 atom stereocenters. The molecule has 0 saturated carbocycles. The van der Waals surface area contributed by atoms with Gasteiger partial charge in [0.15, 0.2) is 0 Å². The van der Waals surface area contributed by atoms with Gasteiger partial charge in [0.25, 0.3) is 5.91 Å². The number of aliphatic carboxylic acids is 1. The third-order valence-corrected chi connectivity index (χ3v) is 3.02. The van der Waals surface area contributed by atoms with Gasteiger partial charge in [0, 0.05) is 23.5 Å². The van der Waals surface area contributed by atoms with Gasteiger partial charge in [-0.25, -0.2) is 0 Å². The third-order valence-electron chi connectivity index (χ3n) is 3.02. The van der Waals surface area contributed by atoms with Gasteiger partial charge in [-0.1, -0.05) is 13.8 Å². The SMILES string of the molecule is CC.Cc1cc(N)ccc1O.Nc1ccc(C(=O)NCCC(=O)O)cc1. The fourth-order valence-corrected chi connectivity index (χ4v) is 1.70. The van der Waals surface area contributed by atoms with Crippen molar-refractivity contribution in [1.29, 1.82) is 0 Å². The Morgan fingerprint density at radius 2 is 1.54 bits per heavy atom. The molecule has 0 aliphatic rings. The lowest BCUT2D eigenvalue weighted by molar-refractivity contribution is -0.136. The van der Waals surface area contributed by atoms with Crippen LogP contribution in [0.2, 0.25) is 0 Å².